The molecule has 1 aromatic rings. The minimum atomic E-state index is 0.0534. The van der Waals surface area contributed by atoms with Gasteiger partial charge in [-0.15, -0.1) is 0 Å². The molecule has 0 saturated heterocycles. The van der Waals surface area contributed by atoms with Crippen molar-refractivity contribution in [3.63, 3.8) is 0 Å². The van der Waals surface area contributed by atoms with Crippen molar-refractivity contribution in [2.24, 2.45) is 11.3 Å². The first kappa shape index (κ1) is 14.4. The van der Waals surface area contributed by atoms with E-state index in [0.29, 0.717) is 6.04 Å². The zero-order valence-corrected chi connectivity index (χ0v) is 13.1. The summed E-state index contributed by atoms with van der Waals surface area (Å²) in [7, 11) is 0. The van der Waals surface area contributed by atoms with Crippen LogP contribution >= 0.6 is 0 Å². The van der Waals surface area contributed by atoms with E-state index in [2.05, 4.69) is 36.6 Å². The molecule has 0 aromatic heterocycles. The number of para-hydroxylation sites is 1. The van der Waals surface area contributed by atoms with E-state index in [1.165, 1.54) is 30.5 Å². The van der Waals surface area contributed by atoms with Crippen LogP contribution in [0.15, 0.2) is 24.3 Å². The van der Waals surface area contributed by atoms with Crippen LogP contribution in [0.4, 0.5) is 5.69 Å². The molecule has 21 heavy (non-hydrogen) atoms. The minimum Gasteiger partial charge on any atom is -0.384 e. The molecule has 3 heteroatoms. The van der Waals surface area contributed by atoms with E-state index in [1.54, 1.807) is 0 Å². The minimum absolute atomic E-state index is 0.0534. The third-order valence-electron chi connectivity index (χ3n) is 5.22. The van der Waals surface area contributed by atoms with Gasteiger partial charge in [0, 0.05) is 18.3 Å². The fraction of sp³-hybridized carbons (Fsp3) is 0.611. The predicted octanol–water partition coefficient (Wildman–Crippen LogP) is 3.36. The smallest absolute Gasteiger partial charge is 0.225 e. The normalized spacial score (nSPS) is 27.3. The number of anilines is 1. The Morgan fingerprint density at radius 2 is 2.10 bits per heavy atom. The Balaban J connectivity index is 1.64. The van der Waals surface area contributed by atoms with Crippen molar-refractivity contribution in [2.45, 2.75) is 52.0 Å². The third kappa shape index (κ3) is 3.07. The highest BCUT2D eigenvalue weighted by atomic mass is 16.2. The van der Waals surface area contributed by atoms with Crippen LogP contribution in [0.25, 0.3) is 0 Å². The van der Waals surface area contributed by atoms with Crippen LogP contribution in [0.2, 0.25) is 0 Å². The number of amides is 1. The van der Waals surface area contributed by atoms with E-state index in [9.17, 15) is 4.79 Å². The highest BCUT2D eigenvalue weighted by Gasteiger charge is 2.35. The van der Waals surface area contributed by atoms with E-state index in [4.69, 9.17) is 0 Å². The molecule has 2 aliphatic rings. The summed E-state index contributed by atoms with van der Waals surface area (Å²) in [6.45, 7) is 5.31. The number of hydrogen-bond acceptors (Lipinski definition) is 2. The summed E-state index contributed by atoms with van der Waals surface area (Å²) >= 11 is 0. The Labute approximate surface area is 127 Å². The quantitative estimate of drug-likeness (QED) is 0.875. The SMILES string of the molecule is CC1(C)CCCCC1NC(=O)C1CNc2ccccc2C1. The monoisotopic (exact) mass is 286 g/mol. The number of rotatable bonds is 2. The summed E-state index contributed by atoms with van der Waals surface area (Å²) in [5.74, 6) is 0.273. The van der Waals surface area contributed by atoms with Crippen molar-refractivity contribution in [1.29, 1.82) is 0 Å². The second-order valence-electron chi connectivity index (χ2n) is 7.23. The second kappa shape index (κ2) is 5.70. The summed E-state index contributed by atoms with van der Waals surface area (Å²) < 4.78 is 0. The number of fused-ring (bicyclic) bond motifs is 1. The van der Waals surface area contributed by atoms with Crippen LogP contribution in [0, 0.1) is 11.3 Å². The Kier molecular flexibility index (Phi) is 3.92. The van der Waals surface area contributed by atoms with Gasteiger partial charge in [-0.1, -0.05) is 44.9 Å². The fourth-order valence-electron chi connectivity index (χ4n) is 3.68. The molecule has 3 nitrogen and oxygen atoms in total. The van der Waals surface area contributed by atoms with Crippen molar-refractivity contribution in [2.75, 3.05) is 11.9 Å². The first-order valence-electron chi connectivity index (χ1n) is 8.18. The van der Waals surface area contributed by atoms with Crippen LogP contribution < -0.4 is 10.6 Å². The Hall–Kier alpha value is -1.51. The zero-order chi connectivity index (χ0) is 14.9. The predicted molar refractivity (Wildman–Crippen MR) is 86.3 cm³/mol. The van der Waals surface area contributed by atoms with Gasteiger partial charge in [0.2, 0.25) is 5.91 Å². The Bertz CT molecular complexity index is 524. The van der Waals surface area contributed by atoms with Gasteiger partial charge in [-0.3, -0.25) is 4.79 Å². The molecule has 0 bridgehead atoms. The largest absolute Gasteiger partial charge is 0.384 e. The first-order chi connectivity index (χ1) is 10.1. The molecule has 2 unspecified atom stereocenters. The van der Waals surface area contributed by atoms with Crippen LogP contribution in [0.5, 0.6) is 0 Å². The summed E-state index contributed by atoms with van der Waals surface area (Å²) in [6, 6.07) is 8.62. The van der Waals surface area contributed by atoms with Gasteiger partial charge in [-0.25, -0.2) is 0 Å². The van der Waals surface area contributed by atoms with Gasteiger partial charge in [0.15, 0.2) is 0 Å². The van der Waals surface area contributed by atoms with Gasteiger partial charge in [0.25, 0.3) is 0 Å². The van der Waals surface area contributed by atoms with Crippen molar-refractivity contribution >= 4 is 11.6 Å². The van der Waals surface area contributed by atoms with Crippen molar-refractivity contribution in [3.8, 4) is 0 Å². The second-order valence-corrected chi connectivity index (χ2v) is 7.23. The third-order valence-corrected chi connectivity index (χ3v) is 5.22. The highest BCUT2D eigenvalue weighted by molar-refractivity contribution is 5.81. The fourth-order valence-corrected chi connectivity index (χ4v) is 3.68. The number of benzene rings is 1. The maximum atomic E-state index is 12.6. The Morgan fingerprint density at radius 3 is 2.90 bits per heavy atom. The van der Waals surface area contributed by atoms with Gasteiger partial charge in [-0.2, -0.15) is 0 Å². The number of nitrogens with one attached hydrogen (secondary N) is 2. The zero-order valence-electron chi connectivity index (χ0n) is 13.1. The molecule has 1 aromatic carbocycles. The molecule has 1 amide bonds. The van der Waals surface area contributed by atoms with E-state index in [1.807, 2.05) is 12.1 Å². The van der Waals surface area contributed by atoms with E-state index < -0.39 is 0 Å². The van der Waals surface area contributed by atoms with Crippen molar-refractivity contribution in [3.05, 3.63) is 29.8 Å². The van der Waals surface area contributed by atoms with Crippen LogP contribution in [-0.2, 0) is 11.2 Å². The molecule has 2 atom stereocenters. The molecule has 1 fully saturated rings. The lowest BCUT2D eigenvalue weighted by molar-refractivity contribution is -0.126. The molecule has 3 rings (SSSR count). The van der Waals surface area contributed by atoms with Crippen LogP contribution in [0.3, 0.4) is 0 Å². The number of carbonyl (C=O) groups is 1. The van der Waals surface area contributed by atoms with E-state index >= 15 is 0 Å². The highest BCUT2D eigenvalue weighted by Crippen LogP contribution is 2.35. The van der Waals surface area contributed by atoms with Crippen molar-refractivity contribution < 1.29 is 4.79 Å². The van der Waals surface area contributed by atoms with Gasteiger partial charge < -0.3 is 10.6 Å². The lowest BCUT2D eigenvalue weighted by Gasteiger charge is -2.40. The lowest BCUT2D eigenvalue weighted by atomic mass is 9.73. The average Bonchev–Trinajstić information content (AvgIpc) is 2.48. The lowest BCUT2D eigenvalue weighted by Crippen LogP contribution is -2.50. The maximum absolute atomic E-state index is 12.6. The number of hydrogen-bond donors (Lipinski definition) is 2. The standard InChI is InChI=1S/C18H26N2O/c1-18(2)10-6-5-9-16(18)20-17(21)14-11-13-7-3-4-8-15(13)19-12-14/h3-4,7-8,14,16,19H,5-6,9-12H2,1-2H3,(H,20,21). The van der Waals surface area contributed by atoms with Crippen LogP contribution in [-0.4, -0.2) is 18.5 Å². The molecule has 0 radical (unpaired) electrons. The van der Waals surface area contributed by atoms with E-state index in [0.717, 1.165) is 19.4 Å². The molecule has 2 N–H and O–H groups in total. The van der Waals surface area contributed by atoms with E-state index in [-0.39, 0.29) is 17.2 Å². The maximum Gasteiger partial charge on any atom is 0.225 e. The average molecular weight is 286 g/mol. The molecule has 1 aliphatic carbocycles. The van der Waals surface area contributed by atoms with Gasteiger partial charge >= 0.3 is 0 Å². The summed E-state index contributed by atoms with van der Waals surface area (Å²) in [6.07, 6.45) is 5.71. The molecular formula is C18H26N2O. The molecular weight excluding hydrogens is 260 g/mol. The Morgan fingerprint density at radius 1 is 1.29 bits per heavy atom. The van der Waals surface area contributed by atoms with Gasteiger partial charge in [0.1, 0.15) is 0 Å². The number of carbonyl (C=O) groups excluding carboxylic acids is 1. The summed E-state index contributed by atoms with van der Waals surface area (Å²) in [4.78, 5) is 12.6. The van der Waals surface area contributed by atoms with Crippen LogP contribution in [0.1, 0.15) is 45.1 Å². The molecule has 114 valence electrons. The van der Waals surface area contributed by atoms with Gasteiger partial charge in [-0.05, 0) is 36.3 Å². The van der Waals surface area contributed by atoms with Crippen molar-refractivity contribution in [1.82, 2.24) is 5.32 Å². The first-order valence-corrected chi connectivity index (χ1v) is 8.18. The molecule has 1 aliphatic heterocycles. The molecule has 1 heterocycles. The summed E-state index contributed by atoms with van der Waals surface area (Å²) in [5.41, 5.74) is 2.67. The summed E-state index contributed by atoms with van der Waals surface area (Å²) in [5, 5.41) is 6.72. The molecule has 0 spiro atoms. The topological polar surface area (TPSA) is 41.1 Å². The molecule has 1 saturated carbocycles. The van der Waals surface area contributed by atoms with Gasteiger partial charge in [0.05, 0.1) is 5.92 Å².